The van der Waals surface area contributed by atoms with Gasteiger partial charge < -0.3 is 5.11 Å². The minimum absolute atomic E-state index is 0.211. The van der Waals surface area contributed by atoms with Crippen LogP contribution >= 0.6 is 31.9 Å². The van der Waals surface area contributed by atoms with E-state index >= 15 is 0 Å². The fourth-order valence-electron chi connectivity index (χ4n) is 2.63. The van der Waals surface area contributed by atoms with E-state index in [-0.39, 0.29) is 16.7 Å². The van der Waals surface area contributed by atoms with Crippen molar-refractivity contribution in [2.45, 2.75) is 28.9 Å². The molecule has 1 N–H and O–H groups in total. The molecule has 1 aliphatic rings. The molecule has 18 heavy (non-hydrogen) atoms. The molecule has 0 amide bonds. The van der Waals surface area contributed by atoms with Crippen molar-refractivity contribution in [3.05, 3.63) is 35.9 Å². The van der Waals surface area contributed by atoms with Crippen molar-refractivity contribution < 1.29 is 9.90 Å². The lowest BCUT2D eigenvalue weighted by molar-refractivity contribution is -0.144. The third kappa shape index (κ3) is 3.35. The molecule has 4 heteroatoms. The number of hydrogen-bond donors (Lipinski definition) is 1. The number of alkyl halides is 2. The topological polar surface area (TPSA) is 37.3 Å². The van der Waals surface area contributed by atoms with E-state index in [0.717, 1.165) is 12.8 Å². The van der Waals surface area contributed by atoms with Crippen molar-refractivity contribution >= 4 is 37.8 Å². The van der Waals surface area contributed by atoms with Crippen molar-refractivity contribution in [1.29, 1.82) is 0 Å². The Bertz CT molecular complexity index is 408. The van der Waals surface area contributed by atoms with E-state index < -0.39 is 5.97 Å². The second-order valence-electron chi connectivity index (χ2n) is 4.90. The molecule has 1 aromatic carbocycles. The van der Waals surface area contributed by atoms with Gasteiger partial charge in [-0.2, -0.15) is 0 Å². The molecular formula is C14H16Br2O2. The molecule has 0 saturated heterocycles. The molecular weight excluding hydrogens is 360 g/mol. The predicted molar refractivity (Wildman–Crippen MR) is 79.4 cm³/mol. The molecule has 1 aliphatic carbocycles. The van der Waals surface area contributed by atoms with Gasteiger partial charge in [0.1, 0.15) is 0 Å². The van der Waals surface area contributed by atoms with Crippen molar-refractivity contribution in [3.8, 4) is 0 Å². The van der Waals surface area contributed by atoms with E-state index in [9.17, 15) is 9.90 Å². The van der Waals surface area contributed by atoms with Gasteiger partial charge in [-0.3, -0.25) is 4.79 Å². The van der Waals surface area contributed by atoms with Crippen LogP contribution in [0.5, 0.6) is 0 Å². The predicted octanol–water partition coefficient (Wildman–Crippen LogP) is 3.87. The van der Waals surface area contributed by atoms with E-state index in [1.807, 2.05) is 18.2 Å². The zero-order valence-corrected chi connectivity index (χ0v) is 13.1. The highest BCUT2D eigenvalue weighted by Gasteiger charge is 2.38. The smallest absolute Gasteiger partial charge is 0.306 e. The average molecular weight is 376 g/mol. The summed E-state index contributed by atoms with van der Waals surface area (Å²) >= 11 is 7.21. The number of rotatable bonds is 3. The minimum Gasteiger partial charge on any atom is -0.481 e. The van der Waals surface area contributed by atoms with Gasteiger partial charge in [-0.25, -0.2) is 0 Å². The summed E-state index contributed by atoms with van der Waals surface area (Å²) in [4.78, 5) is 12.0. The van der Waals surface area contributed by atoms with Crippen LogP contribution in [-0.2, 0) is 11.2 Å². The van der Waals surface area contributed by atoms with Gasteiger partial charge in [0.2, 0.25) is 0 Å². The fraction of sp³-hybridized carbons (Fsp3) is 0.500. The molecule has 1 aromatic rings. The summed E-state index contributed by atoms with van der Waals surface area (Å²) in [6.07, 6.45) is 2.45. The summed E-state index contributed by atoms with van der Waals surface area (Å²) in [6.45, 7) is 0. The monoisotopic (exact) mass is 374 g/mol. The second kappa shape index (κ2) is 6.20. The Morgan fingerprint density at radius 1 is 1.17 bits per heavy atom. The van der Waals surface area contributed by atoms with Gasteiger partial charge in [-0.15, -0.1) is 0 Å². The maximum atomic E-state index is 11.4. The van der Waals surface area contributed by atoms with Crippen LogP contribution in [0, 0.1) is 11.8 Å². The van der Waals surface area contributed by atoms with Gasteiger partial charge in [0.25, 0.3) is 0 Å². The largest absolute Gasteiger partial charge is 0.481 e. The summed E-state index contributed by atoms with van der Waals surface area (Å²) in [5.41, 5.74) is 1.22. The first kappa shape index (κ1) is 14.1. The SMILES string of the molecule is O=C(O)C1C[C@H](Br)C(Br)C[C@@H]1Cc1ccccc1. The second-order valence-corrected chi connectivity index (χ2v) is 7.25. The Morgan fingerprint density at radius 2 is 1.78 bits per heavy atom. The minimum atomic E-state index is -0.667. The Kier molecular flexibility index (Phi) is 4.84. The molecule has 2 rings (SSSR count). The number of aliphatic carboxylic acids is 1. The summed E-state index contributed by atoms with van der Waals surface area (Å²) < 4.78 is 0. The molecule has 4 atom stereocenters. The Balaban J connectivity index is 2.11. The Labute approximate surface area is 124 Å². The average Bonchev–Trinajstić information content (AvgIpc) is 2.34. The first-order valence-corrected chi connectivity index (χ1v) is 7.96. The molecule has 0 heterocycles. The van der Waals surface area contributed by atoms with E-state index in [0.29, 0.717) is 11.2 Å². The van der Waals surface area contributed by atoms with Gasteiger partial charge in [-0.1, -0.05) is 62.2 Å². The van der Waals surface area contributed by atoms with E-state index in [4.69, 9.17) is 0 Å². The van der Waals surface area contributed by atoms with Crippen LogP contribution in [0.25, 0.3) is 0 Å². The Morgan fingerprint density at radius 3 is 2.39 bits per heavy atom. The van der Waals surface area contributed by atoms with E-state index in [2.05, 4.69) is 44.0 Å². The van der Waals surface area contributed by atoms with Crippen molar-refractivity contribution in [3.63, 3.8) is 0 Å². The lowest BCUT2D eigenvalue weighted by Gasteiger charge is -2.35. The number of halogens is 2. The van der Waals surface area contributed by atoms with Crippen LogP contribution in [0.2, 0.25) is 0 Å². The van der Waals surface area contributed by atoms with Crippen LogP contribution < -0.4 is 0 Å². The summed E-state index contributed by atoms with van der Waals surface area (Å²) in [7, 11) is 0. The zero-order chi connectivity index (χ0) is 13.1. The lowest BCUT2D eigenvalue weighted by atomic mass is 9.76. The molecule has 2 nitrogen and oxygen atoms in total. The van der Waals surface area contributed by atoms with Crippen molar-refractivity contribution in [1.82, 2.24) is 0 Å². The van der Waals surface area contributed by atoms with Gasteiger partial charge in [0.05, 0.1) is 5.92 Å². The number of carboxylic acids is 1. The number of carbonyl (C=O) groups is 1. The highest BCUT2D eigenvalue weighted by Crippen LogP contribution is 2.39. The van der Waals surface area contributed by atoms with Crippen LogP contribution in [0.4, 0.5) is 0 Å². The maximum absolute atomic E-state index is 11.4. The van der Waals surface area contributed by atoms with Gasteiger partial charge in [0, 0.05) is 9.65 Å². The molecule has 0 aromatic heterocycles. The third-order valence-electron chi connectivity index (χ3n) is 3.63. The van der Waals surface area contributed by atoms with Crippen LogP contribution in [0.1, 0.15) is 18.4 Å². The lowest BCUT2D eigenvalue weighted by Crippen LogP contribution is -2.37. The Hall–Kier alpha value is -0.350. The standard InChI is InChI=1S/C14H16Br2O2/c15-12-7-10(6-9-4-2-1-3-5-9)11(14(17)18)8-13(12)16/h1-5,10-13H,6-8H2,(H,17,18)/t10-,11?,12?,13-/m0/s1. The van der Waals surface area contributed by atoms with Crippen LogP contribution in [-0.4, -0.2) is 20.7 Å². The van der Waals surface area contributed by atoms with Crippen LogP contribution in [0.3, 0.4) is 0 Å². The molecule has 1 fully saturated rings. The number of benzene rings is 1. The third-order valence-corrected chi connectivity index (χ3v) is 6.36. The zero-order valence-electron chi connectivity index (χ0n) is 9.93. The first-order chi connectivity index (χ1) is 8.58. The summed E-state index contributed by atoms with van der Waals surface area (Å²) in [6, 6.07) is 10.1. The van der Waals surface area contributed by atoms with E-state index in [1.165, 1.54) is 5.56 Å². The summed E-state index contributed by atoms with van der Waals surface area (Å²) in [5.74, 6) is -0.703. The quantitative estimate of drug-likeness (QED) is 0.814. The van der Waals surface area contributed by atoms with Crippen molar-refractivity contribution in [2.75, 3.05) is 0 Å². The summed E-state index contributed by atoms with van der Waals surface area (Å²) in [5, 5.41) is 9.35. The fourth-order valence-corrected chi connectivity index (χ4v) is 3.94. The van der Waals surface area contributed by atoms with Gasteiger partial charge >= 0.3 is 5.97 Å². The molecule has 0 spiro atoms. The number of hydrogen-bond acceptors (Lipinski definition) is 1. The molecule has 0 bridgehead atoms. The molecule has 98 valence electrons. The van der Waals surface area contributed by atoms with E-state index in [1.54, 1.807) is 0 Å². The number of carboxylic acid groups (broad SMARTS) is 1. The maximum Gasteiger partial charge on any atom is 0.306 e. The van der Waals surface area contributed by atoms with Crippen LogP contribution in [0.15, 0.2) is 30.3 Å². The normalized spacial score (nSPS) is 32.1. The highest BCUT2D eigenvalue weighted by molar-refractivity contribution is 9.12. The van der Waals surface area contributed by atoms with Crippen molar-refractivity contribution in [2.24, 2.45) is 11.8 Å². The highest BCUT2D eigenvalue weighted by atomic mass is 79.9. The molecule has 2 unspecified atom stereocenters. The van der Waals surface area contributed by atoms with Gasteiger partial charge in [-0.05, 0) is 30.7 Å². The molecule has 0 aliphatic heterocycles. The molecule has 0 radical (unpaired) electrons. The van der Waals surface area contributed by atoms with Gasteiger partial charge in [0.15, 0.2) is 0 Å². The molecule has 1 saturated carbocycles. The first-order valence-electron chi connectivity index (χ1n) is 6.12.